The number of carbonyl (C=O) groups excluding carboxylic acids is 4. The molecule has 14 heteroatoms. The molecule has 196 valence electrons. The average Bonchev–Trinajstić information content (AvgIpc) is 2.77. The monoisotopic (exact) mass is 506 g/mol. The fourth-order valence-electron chi connectivity index (χ4n) is 2.20. The molecule has 0 saturated carbocycles. The third kappa shape index (κ3) is 9.12. The summed E-state index contributed by atoms with van der Waals surface area (Å²) in [6.45, 7) is 9.81. The number of aromatic nitrogens is 4. The minimum Gasteiger partial charge on any atom is -0.464 e. The SMILES string of the molecule is COC(=O)c1nccnc1N.COC(=O)c1nccnc1N(C(=O)OC(C)(C)C)C(=O)OC(C)(C)C. The molecule has 0 aromatic carbocycles. The number of methoxy groups -OCH3 is 2. The number of rotatable bonds is 3. The zero-order valence-electron chi connectivity index (χ0n) is 21.4. The fourth-order valence-corrected chi connectivity index (χ4v) is 2.20. The van der Waals surface area contributed by atoms with Crippen molar-refractivity contribution in [2.75, 3.05) is 24.9 Å². The van der Waals surface area contributed by atoms with Gasteiger partial charge in [0.1, 0.15) is 11.2 Å². The van der Waals surface area contributed by atoms with Crippen molar-refractivity contribution in [2.45, 2.75) is 52.7 Å². The van der Waals surface area contributed by atoms with Crippen LogP contribution in [0.3, 0.4) is 0 Å². The Balaban J connectivity index is 0.000000488. The largest absolute Gasteiger partial charge is 0.464 e. The van der Waals surface area contributed by atoms with Crippen molar-refractivity contribution in [3.8, 4) is 0 Å². The Kier molecular flexibility index (Phi) is 10.2. The molecule has 2 aromatic rings. The summed E-state index contributed by atoms with van der Waals surface area (Å²) < 4.78 is 19.5. The minimum absolute atomic E-state index is 0.0509. The molecular weight excluding hydrogens is 476 g/mol. The summed E-state index contributed by atoms with van der Waals surface area (Å²) in [5.41, 5.74) is 3.29. The topological polar surface area (TPSA) is 186 Å². The van der Waals surface area contributed by atoms with E-state index in [2.05, 4.69) is 29.4 Å². The summed E-state index contributed by atoms with van der Waals surface area (Å²) in [5, 5.41) is 0. The highest BCUT2D eigenvalue weighted by Gasteiger charge is 2.36. The Labute approximate surface area is 208 Å². The lowest BCUT2D eigenvalue weighted by Crippen LogP contribution is -2.45. The Morgan fingerprint density at radius 2 is 1.08 bits per heavy atom. The van der Waals surface area contributed by atoms with E-state index in [-0.39, 0.29) is 23.0 Å². The summed E-state index contributed by atoms with van der Waals surface area (Å²) >= 11 is 0. The predicted molar refractivity (Wildman–Crippen MR) is 126 cm³/mol. The Hall–Kier alpha value is -4.36. The predicted octanol–water partition coefficient (Wildman–Crippen LogP) is 2.79. The molecule has 2 rings (SSSR count). The van der Waals surface area contributed by atoms with Crippen LogP contribution >= 0.6 is 0 Å². The molecule has 0 aliphatic heterocycles. The second-order valence-electron chi connectivity index (χ2n) is 8.80. The van der Waals surface area contributed by atoms with Crippen molar-refractivity contribution in [3.63, 3.8) is 0 Å². The number of hydrogen-bond acceptors (Lipinski definition) is 13. The van der Waals surface area contributed by atoms with Gasteiger partial charge in [-0.3, -0.25) is 0 Å². The van der Waals surface area contributed by atoms with Crippen molar-refractivity contribution in [1.82, 2.24) is 19.9 Å². The molecule has 0 bridgehead atoms. The zero-order valence-corrected chi connectivity index (χ0v) is 21.4. The first-order chi connectivity index (χ1) is 16.6. The van der Waals surface area contributed by atoms with Crippen LogP contribution in [0.15, 0.2) is 24.8 Å². The van der Waals surface area contributed by atoms with E-state index in [4.69, 9.17) is 15.2 Å². The van der Waals surface area contributed by atoms with Gasteiger partial charge in [-0.15, -0.1) is 0 Å². The molecule has 2 heterocycles. The summed E-state index contributed by atoms with van der Waals surface area (Å²) in [6.07, 6.45) is 3.14. The van der Waals surface area contributed by atoms with Gasteiger partial charge in [-0.1, -0.05) is 0 Å². The van der Waals surface area contributed by atoms with Crippen LogP contribution in [-0.2, 0) is 18.9 Å². The molecule has 0 aliphatic rings. The Morgan fingerprint density at radius 1 is 0.694 bits per heavy atom. The quantitative estimate of drug-likeness (QED) is 0.473. The van der Waals surface area contributed by atoms with Gasteiger partial charge < -0.3 is 24.7 Å². The highest BCUT2D eigenvalue weighted by molar-refractivity contribution is 6.11. The van der Waals surface area contributed by atoms with Crippen LogP contribution in [0, 0.1) is 0 Å². The van der Waals surface area contributed by atoms with E-state index < -0.39 is 35.3 Å². The second-order valence-corrected chi connectivity index (χ2v) is 8.80. The van der Waals surface area contributed by atoms with E-state index in [1.54, 1.807) is 41.5 Å². The number of esters is 2. The van der Waals surface area contributed by atoms with Crippen LogP contribution in [0.1, 0.15) is 62.5 Å². The Bertz CT molecular complexity index is 1070. The maximum atomic E-state index is 12.5. The lowest BCUT2D eigenvalue weighted by molar-refractivity contribution is 0.0427. The fraction of sp³-hybridized carbons (Fsp3) is 0.455. The van der Waals surface area contributed by atoms with Crippen molar-refractivity contribution < 1.29 is 38.1 Å². The van der Waals surface area contributed by atoms with Gasteiger partial charge in [-0.25, -0.2) is 39.1 Å². The van der Waals surface area contributed by atoms with Gasteiger partial charge in [0.2, 0.25) is 0 Å². The molecule has 0 unspecified atom stereocenters. The number of nitrogens with zero attached hydrogens (tertiary/aromatic N) is 5. The van der Waals surface area contributed by atoms with Gasteiger partial charge in [0.25, 0.3) is 0 Å². The summed E-state index contributed by atoms with van der Waals surface area (Å²) in [5.74, 6) is -1.69. The molecule has 0 radical (unpaired) electrons. The van der Waals surface area contributed by atoms with Crippen LogP contribution < -0.4 is 10.6 Å². The zero-order chi connectivity index (χ0) is 27.7. The summed E-state index contributed by atoms with van der Waals surface area (Å²) in [7, 11) is 2.41. The third-order valence-electron chi connectivity index (χ3n) is 3.53. The lowest BCUT2D eigenvalue weighted by atomic mass is 10.2. The molecule has 14 nitrogen and oxygen atoms in total. The maximum absolute atomic E-state index is 12.5. The van der Waals surface area contributed by atoms with E-state index in [0.29, 0.717) is 4.90 Å². The molecule has 0 saturated heterocycles. The van der Waals surface area contributed by atoms with Gasteiger partial charge in [-0.05, 0) is 41.5 Å². The van der Waals surface area contributed by atoms with Crippen LogP contribution in [-0.4, -0.2) is 69.5 Å². The highest BCUT2D eigenvalue weighted by atomic mass is 16.6. The van der Waals surface area contributed by atoms with E-state index in [9.17, 15) is 19.2 Å². The second kappa shape index (κ2) is 12.4. The summed E-state index contributed by atoms with van der Waals surface area (Å²) in [6, 6.07) is 0. The number of hydrogen-bond donors (Lipinski definition) is 1. The molecule has 2 aromatic heterocycles. The first-order valence-electron chi connectivity index (χ1n) is 10.4. The number of carbonyl (C=O) groups is 4. The molecule has 2 amide bonds. The number of ether oxygens (including phenoxy) is 4. The van der Waals surface area contributed by atoms with Crippen LogP contribution in [0.2, 0.25) is 0 Å². The number of amides is 2. The number of anilines is 2. The normalized spacial score (nSPS) is 10.8. The van der Waals surface area contributed by atoms with Crippen molar-refractivity contribution >= 4 is 35.8 Å². The summed E-state index contributed by atoms with van der Waals surface area (Å²) in [4.78, 5) is 63.4. The molecule has 36 heavy (non-hydrogen) atoms. The third-order valence-corrected chi connectivity index (χ3v) is 3.53. The van der Waals surface area contributed by atoms with E-state index >= 15 is 0 Å². The van der Waals surface area contributed by atoms with Crippen molar-refractivity contribution in [1.29, 1.82) is 0 Å². The number of nitrogen functional groups attached to an aromatic ring is 1. The van der Waals surface area contributed by atoms with Gasteiger partial charge in [0.15, 0.2) is 23.0 Å². The molecule has 0 spiro atoms. The average molecular weight is 507 g/mol. The minimum atomic E-state index is -1.05. The van der Waals surface area contributed by atoms with Crippen LogP contribution in [0.25, 0.3) is 0 Å². The molecule has 0 atom stereocenters. The number of nitrogens with two attached hydrogens (primary N) is 1. The van der Waals surface area contributed by atoms with Crippen LogP contribution in [0.5, 0.6) is 0 Å². The molecular formula is C22H30N6O8. The van der Waals surface area contributed by atoms with Gasteiger partial charge in [-0.2, -0.15) is 4.90 Å². The van der Waals surface area contributed by atoms with Crippen molar-refractivity contribution in [2.24, 2.45) is 0 Å². The van der Waals surface area contributed by atoms with Crippen molar-refractivity contribution in [3.05, 3.63) is 36.2 Å². The highest BCUT2D eigenvalue weighted by Crippen LogP contribution is 2.22. The van der Waals surface area contributed by atoms with E-state index in [1.165, 1.54) is 31.9 Å². The maximum Gasteiger partial charge on any atom is 0.425 e. The molecule has 0 fully saturated rings. The standard InChI is InChI=1S/C16H23N3O6.C6H7N3O2/c1-15(2,3)24-13(21)19(14(22)25-16(4,5)6)11-10(12(20)23-7)17-8-9-18-11;1-11-6(10)4-5(7)9-3-2-8-4/h8-9H,1-7H3;2-3H,1H3,(H2,7,9). The molecule has 2 N–H and O–H groups in total. The first-order valence-corrected chi connectivity index (χ1v) is 10.4. The van der Waals surface area contributed by atoms with Gasteiger partial charge >= 0.3 is 24.1 Å². The molecule has 0 aliphatic carbocycles. The van der Waals surface area contributed by atoms with Gasteiger partial charge in [0.05, 0.1) is 14.2 Å². The van der Waals surface area contributed by atoms with Crippen LogP contribution in [0.4, 0.5) is 21.2 Å². The number of imide groups is 1. The van der Waals surface area contributed by atoms with Gasteiger partial charge in [0, 0.05) is 24.8 Å². The first kappa shape index (κ1) is 29.7. The Morgan fingerprint density at radius 3 is 1.50 bits per heavy atom. The smallest absolute Gasteiger partial charge is 0.425 e. The lowest BCUT2D eigenvalue weighted by Gasteiger charge is -2.28. The van der Waals surface area contributed by atoms with E-state index in [0.717, 1.165) is 7.11 Å². The van der Waals surface area contributed by atoms with E-state index in [1.807, 2.05) is 0 Å².